The van der Waals surface area contributed by atoms with Gasteiger partial charge in [-0.3, -0.25) is 14.5 Å². The second kappa shape index (κ2) is 7.62. The number of esters is 1. The molecule has 0 aromatic carbocycles. The SMILES string of the molecule is COC(=O)[C@H]1CCCN(CC(=O)N(C(C)C)C(C)C)C1. The fraction of sp³-hybridized carbons (Fsp3) is 0.867. The van der Waals surface area contributed by atoms with Crippen LogP contribution in [-0.2, 0) is 14.3 Å². The molecule has 5 heteroatoms. The first-order valence-corrected chi connectivity index (χ1v) is 7.48. The molecule has 1 aliphatic rings. The summed E-state index contributed by atoms with van der Waals surface area (Å²) in [6.45, 7) is 10.0. The van der Waals surface area contributed by atoms with E-state index >= 15 is 0 Å². The molecule has 1 heterocycles. The van der Waals surface area contributed by atoms with Gasteiger partial charge in [0, 0.05) is 18.6 Å². The minimum Gasteiger partial charge on any atom is -0.469 e. The number of carbonyl (C=O) groups excluding carboxylic acids is 2. The van der Waals surface area contributed by atoms with Gasteiger partial charge in [-0.05, 0) is 47.1 Å². The summed E-state index contributed by atoms with van der Waals surface area (Å²) in [6.07, 6.45) is 1.80. The number of methoxy groups -OCH3 is 1. The third kappa shape index (κ3) is 4.47. The lowest BCUT2D eigenvalue weighted by molar-refractivity contribution is -0.148. The Balaban J connectivity index is 2.58. The van der Waals surface area contributed by atoms with Gasteiger partial charge in [0.05, 0.1) is 19.6 Å². The lowest BCUT2D eigenvalue weighted by Crippen LogP contribution is -2.49. The number of hydrogen-bond acceptors (Lipinski definition) is 4. The Kier molecular flexibility index (Phi) is 6.46. The largest absolute Gasteiger partial charge is 0.469 e. The van der Waals surface area contributed by atoms with Gasteiger partial charge in [-0.1, -0.05) is 0 Å². The molecule has 0 radical (unpaired) electrons. The van der Waals surface area contributed by atoms with Crippen LogP contribution in [0.3, 0.4) is 0 Å². The molecule has 116 valence electrons. The van der Waals surface area contributed by atoms with E-state index in [4.69, 9.17) is 4.74 Å². The van der Waals surface area contributed by atoms with Gasteiger partial charge in [0.1, 0.15) is 0 Å². The third-order valence-electron chi connectivity index (χ3n) is 3.80. The van der Waals surface area contributed by atoms with Crippen molar-refractivity contribution in [1.29, 1.82) is 0 Å². The maximum Gasteiger partial charge on any atom is 0.309 e. The summed E-state index contributed by atoms with van der Waals surface area (Å²) in [5, 5.41) is 0. The van der Waals surface area contributed by atoms with Crippen molar-refractivity contribution < 1.29 is 14.3 Å². The predicted octanol–water partition coefficient (Wildman–Crippen LogP) is 1.52. The molecule has 0 unspecified atom stereocenters. The number of piperidine rings is 1. The van der Waals surface area contributed by atoms with Crippen LogP contribution in [0.25, 0.3) is 0 Å². The molecule has 1 amide bonds. The van der Waals surface area contributed by atoms with Crippen LogP contribution in [-0.4, -0.2) is 60.5 Å². The maximum absolute atomic E-state index is 12.4. The smallest absolute Gasteiger partial charge is 0.309 e. The zero-order valence-electron chi connectivity index (χ0n) is 13.4. The standard InChI is InChI=1S/C15H28N2O3/c1-11(2)17(12(3)4)14(18)10-16-8-6-7-13(9-16)15(19)20-5/h11-13H,6-10H2,1-5H3/t13-/m0/s1. The summed E-state index contributed by atoms with van der Waals surface area (Å²) in [7, 11) is 1.42. The molecule has 0 spiro atoms. The second-order valence-electron chi connectivity index (χ2n) is 6.09. The summed E-state index contributed by atoms with van der Waals surface area (Å²) in [5.74, 6) is -0.111. The molecule has 0 aromatic heterocycles. The first-order chi connectivity index (χ1) is 9.36. The normalized spacial score (nSPS) is 20.2. The number of nitrogens with zero attached hydrogens (tertiary/aromatic N) is 2. The van der Waals surface area contributed by atoms with Crippen LogP contribution in [0.2, 0.25) is 0 Å². The zero-order chi connectivity index (χ0) is 15.3. The summed E-state index contributed by atoms with van der Waals surface area (Å²) < 4.78 is 4.81. The number of ether oxygens (including phenoxy) is 1. The molecular formula is C15H28N2O3. The van der Waals surface area contributed by atoms with Gasteiger partial charge in [-0.15, -0.1) is 0 Å². The molecule has 0 aliphatic carbocycles. The van der Waals surface area contributed by atoms with E-state index in [0.717, 1.165) is 19.4 Å². The summed E-state index contributed by atoms with van der Waals surface area (Å²) in [4.78, 5) is 28.0. The average molecular weight is 284 g/mol. The second-order valence-corrected chi connectivity index (χ2v) is 6.09. The zero-order valence-corrected chi connectivity index (χ0v) is 13.4. The van der Waals surface area contributed by atoms with Crippen molar-refractivity contribution in [3.63, 3.8) is 0 Å². The Labute approximate surface area is 122 Å². The van der Waals surface area contributed by atoms with Crippen molar-refractivity contribution in [3.05, 3.63) is 0 Å². The molecule has 1 atom stereocenters. The molecule has 1 fully saturated rings. The van der Waals surface area contributed by atoms with Crippen LogP contribution < -0.4 is 0 Å². The van der Waals surface area contributed by atoms with Crippen molar-refractivity contribution in [2.24, 2.45) is 5.92 Å². The summed E-state index contributed by atoms with van der Waals surface area (Å²) in [6, 6.07) is 0.396. The molecule has 0 aromatic rings. The molecular weight excluding hydrogens is 256 g/mol. The van der Waals surface area contributed by atoms with Gasteiger partial charge in [-0.2, -0.15) is 0 Å². The molecule has 5 nitrogen and oxygen atoms in total. The Morgan fingerprint density at radius 1 is 1.25 bits per heavy atom. The molecule has 20 heavy (non-hydrogen) atoms. The first-order valence-electron chi connectivity index (χ1n) is 7.48. The lowest BCUT2D eigenvalue weighted by Gasteiger charge is -2.35. The fourth-order valence-corrected chi connectivity index (χ4v) is 3.00. The number of likely N-dealkylation sites (tertiary alicyclic amines) is 1. The van der Waals surface area contributed by atoms with E-state index in [2.05, 4.69) is 4.90 Å². The Bertz CT molecular complexity index is 334. The van der Waals surface area contributed by atoms with Crippen molar-refractivity contribution in [2.45, 2.75) is 52.6 Å². The van der Waals surface area contributed by atoms with Crippen LogP contribution in [0.4, 0.5) is 0 Å². The Morgan fingerprint density at radius 2 is 1.85 bits per heavy atom. The minimum atomic E-state index is -0.160. The average Bonchev–Trinajstić information content (AvgIpc) is 2.37. The molecule has 0 N–H and O–H groups in total. The van der Waals surface area contributed by atoms with Gasteiger partial charge in [-0.25, -0.2) is 0 Å². The van der Waals surface area contributed by atoms with E-state index < -0.39 is 0 Å². The van der Waals surface area contributed by atoms with Crippen molar-refractivity contribution >= 4 is 11.9 Å². The number of rotatable bonds is 5. The van der Waals surface area contributed by atoms with Crippen LogP contribution in [0.1, 0.15) is 40.5 Å². The highest BCUT2D eigenvalue weighted by atomic mass is 16.5. The summed E-state index contributed by atoms with van der Waals surface area (Å²) >= 11 is 0. The van der Waals surface area contributed by atoms with Crippen molar-refractivity contribution in [2.75, 3.05) is 26.7 Å². The fourth-order valence-electron chi connectivity index (χ4n) is 3.00. The van der Waals surface area contributed by atoms with E-state index in [9.17, 15) is 9.59 Å². The Morgan fingerprint density at radius 3 is 2.35 bits per heavy atom. The van der Waals surface area contributed by atoms with E-state index in [0.29, 0.717) is 13.1 Å². The van der Waals surface area contributed by atoms with E-state index in [-0.39, 0.29) is 29.9 Å². The van der Waals surface area contributed by atoms with Gasteiger partial charge in [0.15, 0.2) is 0 Å². The highest BCUT2D eigenvalue weighted by molar-refractivity contribution is 5.79. The quantitative estimate of drug-likeness (QED) is 0.718. The van der Waals surface area contributed by atoms with Gasteiger partial charge < -0.3 is 9.64 Å². The highest BCUT2D eigenvalue weighted by Gasteiger charge is 2.29. The summed E-state index contributed by atoms with van der Waals surface area (Å²) in [5.41, 5.74) is 0. The van der Waals surface area contributed by atoms with E-state index in [1.54, 1.807) is 0 Å². The minimum absolute atomic E-state index is 0.0897. The number of hydrogen-bond donors (Lipinski definition) is 0. The molecule has 1 rings (SSSR count). The first kappa shape index (κ1) is 17.0. The monoisotopic (exact) mass is 284 g/mol. The Hall–Kier alpha value is -1.10. The highest BCUT2D eigenvalue weighted by Crippen LogP contribution is 2.18. The van der Waals surface area contributed by atoms with E-state index in [1.807, 2.05) is 32.6 Å². The van der Waals surface area contributed by atoms with Crippen LogP contribution >= 0.6 is 0 Å². The van der Waals surface area contributed by atoms with Crippen molar-refractivity contribution in [1.82, 2.24) is 9.80 Å². The van der Waals surface area contributed by atoms with Crippen LogP contribution in [0.15, 0.2) is 0 Å². The number of amides is 1. The van der Waals surface area contributed by atoms with Gasteiger partial charge in [0.2, 0.25) is 5.91 Å². The van der Waals surface area contributed by atoms with Gasteiger partial charge >= 0.3 is 5.97 Å². The van der Waals surface area contributed by atoms with E-state index in [1.165, 1.54) is 7.11 Å². The lowest BCUT2D eigenvalue weighted by atomic mass is 9.98. The molecule has 0 saturated carbocycles. The predicted molar refractivity (Wildman–Crippen MR) is 78.3 cm³/mol. The third-order valence-corrected chi connectivity index (χ3v) is 3.80. The van der Waals surface area contributed by atoms with Gasteiger partial charge in [0.25, 0.3) is 0 Å². The van der Waals surface area contributed by atoms with Crippen LogP contribution in [0.5, 0.6) is 0 Å². The number of carbonyl (C=O) groups is 2. The van der Waals surface area contributed by atoms with Crippen LogP contribution in [0, 0.1) is 5.92 Å². The van der Waals surface area contributed by atoms with Crippen molar-refractivity contribution in [3.8, 4) is 0 Å². The molecule has 0 bridgehead atoms. The topological polar surface area (TPSA) is 49.9 Å². The molecule has 1 aliphatic heterocycles. The maximum atomic E-state index is 12.4. The molecule has 1 saturated heterocycles.